The van der Waals surface area contributed by atoms with Crippen molar-refractivity contribution in [3.05, 3.63) is 23.8 Å². The topological polar surface area (TPSA) is 75.4 Å². The molecular weight excluding hydrogens is 338 g/mol. The third kappa shape index (κ3) is 4.73. The smallest absolute Gasteiger partial charge is 0.241 e. The van der Waals surface area contributed by atoms with Gasteiger partial charge in [0, 0.05) is 23.8 Å². The normalized spacial score (nSPS) is 17.5. The first-order valence-electron chi connectivity index (χ1n) is 8.96. The molecule has 3 N–H and O–H groups in total. The minimum Gasteiger partial charge on any atom is -0.325 e. The summed E-state index contributed by atoms with van der Waals surface area (Å²) in [6, 6.07) is 5.34. The summed E-state index contributed by atoms with van der Waals surface area (Å²) in [5.74, 6) is 0.644. The Labute approximate surface area is 155 Å². The van der Waals surface area contributed by atoms with Crippen LogP contribution in [-0.2, 0) is 16.0 Å². The molecule has 6 heteroatoms. The molecule has 0 radical (unpaired) electrons. The molecule has 5 nitrogen and oxygen atoms in total. The molecule has 2 amide bonds. The van der Waals surface area contributed by atoms with Gasteiger partial charge in [0.1, 0.15) is 0 Å². The molecule has 1 fully saturated rings. The second-order valence-electron chi connectivity index (χ2n) is 7.44. The fourth-order valence-electron chi connectivity index (χ4n) is 3.28. The number of rotatable bonds is 5. The molecule has 138 valence electrons. The van der Waals surface area contributed by atoms with Crippen LogP contribution in [0.5, 0.6) is 0 Å². The number of carbonyl (C=O) groups excluding carboxylic acids is 2. The van der Waals surface area contributed by atoms with E-state index in [-0.39, 0.29) is 30.1 Å². The molecule has 1 heterocycles. The number of anilines is 2. The molecule has 25 heavy (non-hydrogen) atoms. The lowest BCUT2D eigenvalue weighted by atomic mass is 10.00. The van der Waals surface area contributed by atoms with E-state index < -0.39 is 6.04 Å². The fourth-order valence-corrected chi connectivity index (χ4v) is 3.28. The van der Waals surface area contributed by atoms with Crippen LogP contribution in [0, 0.1) is 11.8 Å². The molecule has 0 bridgehead atoms. The maximum Gasteiger partial charge on any atom is 0.241 e. The van der Waals surface area contributed by atoms with Crippen LogP contribution in [0.3, 0.4) is 0 Å². The minimum atomic E-state index is -0.509. The average molecular weight is 366 g/mol. The van der Waals surface area contributed by atoms with Gasteiger partial charge >= 0.3 is 0 Å². The van der Waals surface area contributed by atoms with E-state index in [1.165, 1.54) is 5.56 Å². The van der Waals surface area contributed by atoms with Crippen LogP contribution in [0.25, 0.3) is 0 Å². The van der Waals surface area contributed by atoms with E-state index in [1.54, 1.807) is 0 Å². The first-order chi connectivity index (χ1) is 11.5. The van der Waals surface area contributed by atoms with E-state index in [4.69, 9.17) is 5.73 Å². The van der Waals surface area contributed by atoms with Crippen LogP contribution in [0.1, 0.15) is 45.1 Å². The van der Waals surface area contributed by atoms with Gasteiger partial charge in [-0.15, -0.1) is 12.4 Å². The Bertz CT molecular complexity index is 644. The number of hydrogen-bond donors (Lipinski definition) is 2. The molecular formula is C19H28ClN3O2. The molecule has 1 aliphatic carbocycles. The Morgan fingerprint density at radius 1 is 1.32 bits per heavy atom. The van der Waals surface area contributed by atoms with Gasteiger partial charge in [0.15, 0.2) is 0 Å². The number of fused-ring (bicyclic) bond motifs is 1. The molecule has 0 aromatic heterocycles. The molecule has 1 aliphatic heterocycles. The van der Waals surface area contributed by atoms with Gasteiger partial charge in [0.05, 0.1) is 6.04 Å². The van der Waals surface area contributed by atoms with E-state index in [0.29, 0.717) is 18.0 Å². The molecule has 1 aromatic carbocycles. The SMILES string of the molecule is CC(C)C[C@H](N)C(=O)Nc1ccc2c(c1)N(C(=O)C1CC1)CCC2.Cl. The highest BCUT2D eigenvalue weighted by Gasteiger charge is 2.35. The summed E-state index contributed by atoms with van der Waals surface area (Å²) in [6.45, 7) is 4.87. The van der Waals surface area contributed by atoms with E-state index in [9.17, 15) is 9.59 Å². The quantitative estimate of drug-likeness (QED) is 0.841. The van der Waals surface area contributed by atoms with Crippen molar-refractivity contribution in [2.75, 3.05) is 16.8 Å². The fraction of sp³-hybridized carbons (Fsp3) is 0.579. The molecule has 1 aromatic rings. The second-order valence-corrected chi connectivity index (χ2v) is 7.44. The Balaban J connectivity index is 0.00000225. The van der Waals surface area contributed by atoms with Crippen molar-refractivity contribution in [1.29, 1.82) is 0 Å². The largest absolute Gasteiger partial charge is 0.325 e. The minimum absolute atomic E-state index is 0. The standard InChI is InChI=1S/C19H27N3O2.ClH/c1-12(2)10-16(20)18(23)21-15-8-7-13-4-3-9-22(17(13)11-15)19(24)14-5-6-14;/h7-8,11-12,14,16H,3-6,9-10,20H2,1-2H3,(H,21,23);1H/t16-;/m0./s1. The number of nitrogens with zero attached hydrogens (tertiary/aromatic N) is 1. The number of benzene rings is 1. The Morgan fingerprint density at radius 2 is 2.04 bits per heavy atom. The number of aryl methyl sites for hydroxylation is 1. The molecule has 0 spiro atoms. The lowest BCUT2D eigenvalue weighted by Gasteiger charge is -2.30. The summed E-state index contributed by atoms with van der Waals surface area (Å²) in [4.78, 5) is 26.6. The van der Waals surface area contributed by atoms with Crippen molar-refractivity contribution in [2.45, 2.75) is 52.0 Å². The molecule has 2 aliphatic rings. The number of carbonyl (C=O) groups is 2. The Kier molecular flexibility index (Phi) is 6.47. The first-order valence-corrected chi connectivity index (χ1v) is 8.96. The van der Waals surface area contributed by atoms with Gasteiger partial charge in [-0.25, -0.2) is 0 Å². The summed E-state index contributed by atoms with van der Waals surface area (Å²) >= 11 is 0. The summed E-state index contributed by atoms with van der Waals surface area (Å²) in [6.07, 6.45) is 4.64. The van der Waals surface area contributed by atoms with Crippen LogP contribution in [0.2, 0.25) is 0 Å². The van der Waals surface area contributed by atoms with Crippen molar-refractivity contribution < 1.29 is 9.59 Å². The van der Waals surface area contributed by atoms with Crippen LogP contribution < -0.4 is 16.0 Å². The Hall–Kier alpha value is -1.59. The maximum atomic E-state index is 12.5. The van der Waals surface area contributed by atoms with Crippen LogP contribution in [0.4, 0.5) is 11.4 Å². The Morgan fingerprint density at radius 3 is 2.68 bits per heavy atom. The zero-order chi connectivity index (χ0) is 17.3. The summed E-state index contributed by atoms with van der Waals surface area (Å²) < 4.78 is 0. The number of nitrogens with one attached hydrogen (secondary N) is 1. The number of halogens is 1. The van der Waals surface area contributed by atoms with Gasteiger partial charge in [0.25, 0.3) is 0 Å². The molecule has 1 atom stereocenters. The van der Waals surface area contributed by atoms with Gasteiger partial charge in [-0.1, -0.05) is 19.9 Å². The molecule has 1 saturated carbocycles. The number of amides is 2. The van der Waals surface area contributed by atoms with Gasteiger partial charge in [-0.05, 0) is 55.7 Å². The maximum absolute atomic E-state index is 12.5. The number of nitrogens with two attached hydrogens (primary N) is 1. The third-order valence-electron chi connectivity index (χ3n) is 4.73. The monoisotopic (exact) mass is 365 g/mol. The van der Waals surface area contributed by atoms with Crippen molar-refractivity contribution in [1.82, 2.24) is 0 Å². The van der Waals surface area contributed by atoms with Crippen LogP contribution in [-0.4, -0.2) is 24.4 Å². The van der Waals surface area contributed by atoms with E-state index in [1.807, 2.05) is 36.9 Å². The van der Waals surface area contributed by atoms with E-state index in [0.717, 1.165) is 37.9 Å². The molecule has 3 rings (SSSR count). The second kappa shape index (κ2) is 8.19. The van der Waals surface area contributed by atoms with Crippen molar-refractivity contribution in [2.24, 2.45) is 17.6 Å². The van der Waals surface area contributed by atoms with Crippen LogP contribution in [0.15, 0.2) is 18.2 Å². The van der Waals surface area contributed by atoms with Crippen LogP contribution >= 0.6 is 12.4 Å². The zero-order valence-corrected chi connectivity index (χ0v) is 15.8. The molecule has 0 unspecified atom stereocenters. The van der Waals surface area contributed by atoms with E-state index in [2.05, 4.69) is 5.32 Å². The highest BCUT2D eigenvalue weighted by Crippen LogP contribution is 2.36. The summed E-state index contributed by atoms with van der Waals surface area (Å²) in [5, 5.41) is 2.90. The van der Waals surface area contributed by atoms with Gasteiger partial charge in [-0.2, -0.15) is 0 Å². The predicted octanol–water partition coefficient (Wildman–Crippen LogP) is 3.11. The van der Waals surface area contributed by atoms with Crippen molar-refractivity contribution in [3.63, 3.8) is 0 Å². The summed E-state index contributed by atoms with van der Waals surface area (Å²) in [7, 11) is 0. The predicted molar refractivity (Wildman–Crippen MR) is 103 cm³/mol. The first kappa shape index (κ1) is 19.7. The average Bonchev–Trinajstić information content (AvgIpc) is 3.37. The van der Waals surface area contributed by atoms with Gasteiger partial charge < -0.3 is 16.0 Å². The van der Waals surface area contributed by atoms with Crippen molar-refractivity contribution in [3.8, 4) is 0 Å². The lowest BCUT2D eigenvalue weighted by Crippen LogP contribution is -2.37. The lowest BCUT2D eigenvalue weighted by molar-refractivity contribution is -0.120. The third-order valence-corrected chi connectivity index (χ3v) is 4.73. The zero-order valence-electron chi connectivity index (χ0n) is 15.0. The number of hydrogen-bond acceptors (Lipinski definition) is 3. The van der Waals surface area contributed by atoms with Gasteiger partial charge in [-0.3, -0.25) is 9.59 Å². The summed E-state index contributed by atoms with van der Waals surface area (Å²) in [5.41, 5.74) is 8.80. The highest BCUT2D eigenvalue weighted by molar-refractivity contribution is 5.99. The van der Waals surface area contributed by atoms with E-state index >= 15 is 0 Å². The van der Waals surface area contributed by atoms with Crippen molar-refractivity contribution >= 4 is 35.6 Å². The van der Waals surface area contributed by atoms with Gasteiger partial charge in [0.2, 0.25) is 11.8 Å². The molecule has 0 saturated heterocycles. The highest BCUT2D eigenvalue weighted by atomic mass is 35.5.